The number of nitrogens with zero attached hydrogens (tertiary/aromatic N) is 3. The highest BCUT2D eigenvalue weighted by Crippen LogP contribution is 2.27. The Kier molecular flexibility index (Phi) is 8.17. The van der Waals surface area contributed by atoms with Gasteiger partial charge in [-0.2, -0.15) is 18.3 Å². The number of amides is 2. The highest BCUT2D eigenvalue weighted by atomic mass is 19.4. The number of benzene rings is 1. The first kappa shape index (κ1) is 23.9. The molecule has 11 heteroatoms. The second-order valence-corrected chi connectivity index (χ2v) is 6.74. The second kappa shape index (κ2) is 10.6. The Labute approximate surface area is 177 Å². The number of halogens is 3. The van der Waals surface area contributed by atoms with E-state index in [-0.39, 0.29) is 13.1 Å². The molecule has 0 spiro atoms. The van der Waals surface area contributed by atoms with Crippen LogP contribution in [0.3, 0.4) is 0 Å². The predicted molar refractivity (Wildman–Crippen MR) is 105 cm³/mol. The maximum Gasteiger partial charge on any atom is 0.435 e. The average molecular weight is 440 g/mol. The fourth-order valence-corrected chi connectivity index (χ4v) is 2.65. The number of para-hydroxylation sites is 1. The molecule has 31 heavy (non-hydrogen) atoms. The quantitative estimate of drug-likeness (QED) is 0.605. The van der Waals surface area contributed by atoms with E-state index in [9.17, 15) is 27.6 Å². The summed E-state index contributed by atoms with van der Waals surface area (Å²) in [5.41, 5.74) is 0.357. The molecular formula is C20H23F3N4O4. The molecule has 1 aromatic carbocycles. The number of aryl methyl sites for hydroxylation is 1. The van der Waals surface area contributed by atoms with E-state index in [1.54, 1.807) is 12.1 Å². The van der Waals surface area contributed by atoms with Crippen LogP contribution in [0.2, 0.25) is 0 Å². The van der Waals surface area contributed by atoms with Gasteiger partial charge in [0.15, 0.2) is 12.3 Å². The first-order valence-electron chi connectivity index (χ1n) is 9.49. The molecule has 0 saturated heterocycles. The molecule has 0 unspecified atom stereocenters. The average Bonchev–Trinajstić information content (AvgIpc) is 3.16. The second-order valence-electron chi connectivity index (χ2n) is 6.74. The molecule has 2 rings (SSSR count). The van der Waals surface area contributed by atoms with Crippen LogP contribution < -0.4 is 5.32 Å². The molecule has 0 atom stereocenters. The van der Waals surface area contributed by atoms with E-state index in [2.05, 4.69) is 10.4 Å². The third-order valence-electron chi connectivity index (χ3n) is 4.18. The number of aromatic nitrogens is 2. The third kappa shape index (κ3) is 7.43. The summed E-state index contributed by atoms with van der Waals surface area (Å²) in [6.07, 6.45) is -3.05. The fourth-order valence-electron chi connectivity index (χ4n) is 2.65. The van der Waals surface area contributed by atoms with Gasteiger partial charge in [-0.3, -0.25) is 19.1 Å². The van der Waals surface area contributed by atoms with Crippen LogP contribution in [0.1, 0.15) is 24.6 Å². The van der Waals surface area contributed by atoms with E-state index >= 15 is 0 Å². The van der Waals surface area contributed by atoms with Crippen molar-refractivity contribution in [1.82, 2.24) is 14.7 Å². The number of anilines is 1. The number of esters is 1. The van der Waals surface area contributed by atoms with Gasteiger partial charge >= 0.3 is 12.1 Å². The number of alkyl halides is 3. The van der Waals surface area contributed by atoms with E-state index in [4.69, 9.17) is 4.74 Å². The zero-order chi connectivity index (χ0) is 23.0. The summed E-state index contributed by atoms with van der Waals surface area (Å²) in [6, 6.07) is 7.91. The lowest BCUT2D eigenvalue weighted by Gasteiger charge is -2.21. The van der Waals surface area contributed by atoms with E-state index in [1.807, 2.05) is 26.0 Å². The van der Waals surface area contributed by atoms with E-state index in [0.29, 0.717) is 12.1 Å². The summed E-state index contributed by atoms with van der Waals surface area (Å²) in [5.74, 6) is -1.92. The van der Waals surface area contributed by atoms with Crippen molar-refractivity contribution in [2.45, 2.75) is 33.0 Å². The molecule has 0 saturated carbocycles. The standard InChI is InChI=1S/C20H23F3N4O4/c1-3-9-26(11-17(28)24-15-7-5-4-6-14(15)2)18(29)13-31-19(30)12-27-10-8-16(25-27)20(21,22)23/h4-8,10H,3,9,11-13H2,1-2H3,(H,24,28). The van der Waals surface area contributed by atoms with Gasteiger partial charge in [0, 0.05) is 18.4 Å². The van der Waals surface area contributed by atoms with Crippen molar-refractivity contribution in [2.24, 2.45) is 0 Å². The predicted octanol–water partition coefficient (Wildman–Crippen LogP) is 2.63. The molecule has 1 heterocycles. The largest absolute Gasteiger partial charge is 0.454 e. The van der Waals surface area contributed by atoms with Gasteiger partial charge in [0.05, 0.1) is 6.54 Å². The minimum atomic E-state index is -4.62. The molecular weight excluding hydrogens is 417 g/mol. The van der Waals surface area contributed by atoms with Crippen molar-refractivity contribution < 1.29 is 32.3 Å². The summed E-state index contributed by atoms with van der Waals surface area (Å²) >= 11 is 0. The Bertz CT molecular complexity index is 927. The molecule has 0 aliphatic rings. The smallest absolute Gasteiger partial charge is 0.435 e. The van der Waals surface area contributed by atoms with E-state index in [0.717, 1.165) is 22.5 Å². The van der Waals surface area contributed by atoms with Gasteiger partial charge in [0.1, 0.15) is 6.54 Å². The van der Waals surface area contributed by atoms with Gasteiger partial charge < -0.3 is 15.0 Å². The van der Waals surface area contributed by atoms with Crippen LogP contribution in [0.4, 0.5) is 18.9 Å². The summed E-state index contributed by atoms with van der Waals surface area (Å²) in [7, 11) is 0. The van der Waals surface area contributed by atoms with Crippen molar-refractivity contribution in [3.05, 3.63) is 47.8 Å². The molecule has 168 valence electrons. The van der Waals surface area contributed by atoms with Crippen LogP contribution in [0.5, 0.6) is 0 Å². The number of rotatable bonds is 9. The Morgan fingerprint density at radius 1 is 1.19 bits per heavy atom. The van der Waals surface area contributed by atoms with Crippen LogP contribution in [0.15, 0.2) is 36.5 Å². The lowest BCUT2D eigenvalue weighted by molar-refractivity contribution is -0.153. The van der Waals surface area contributed by atoms with Gasteiger partial charge in [-0.15, -0.1) is 0 Å². The molecule has 0 bridgehead atoms. The fraction of sp³-hybridized carbons (Fsp3) is 0.400. The van der Waals surface area contributed by atoms with E-state index < -0.39 is 42.8 Å². The third-order valence-corrected chi connectivity index (χ3v) is 4.18. The summed E-state index contributed by atoms with van der Waals surface area (Å²) in [4.78, 5) is 37.8. The molecule has 1 N–H and O–H groups in total. The maximum atomic E-state index is 12.5. The summed E-state index contributed by atoms with van der Waals surface area (Å²) in [6.45, 7) is 2.48. The van der Waals surface area contributed by atoms with Crippen molar-refractivity contribution in [1.29, 1.82) is 0 Å². The Hall–Kier alpha value is -3.37. The van der Waals surface area contributed by atoms with Crippen LogP contribution in [-0.2, 0) is 31.8 Å². The first-order chi connectivity index (χ1) is 14.6. The minimum absolute atomic E-state index is 0.230. The summed E-state index contributed by atoms with van der Waals surface area (Å²) < 4.78 is 43.2. The molecule has 0 aliphatic carbocycles. The van der Waals surface area contributed by atoms with Crippen LogP contribution >= 0.6 is 0 Å². The van der Waals surface area contributed by atoms with Crippen LogP contribution in [-0.4, -0.2) is 52.2 Å². The van der Waals surface area contributed by atoms with E-state index in [1.165, 1.54) is 4.90 Å². The topological polar surface area (TPSA) is 93.5 Å². The Morgan fingerprint density at radius 3 is 2.52 bits per heavy atom. The number of ether oxygens (including phenoxy) is 1. The number of carbonyl (C=O) groups excluding carboxylic acids is 3. The summed E-state index contributed by atoms with van der Waals surface area (Å²) in [5, 5.41) is 5.96. The lowest BCUT2D eigenvalue weighted by atomic mass is 10.2. The number of nitrogens with one attached hydrogen (secondary N) is 1. The van der Waals surface area contributed by atoms with Crippen LogP contribution in [0.25, 0.3) is 0 Å². The Balaban J connectivity index is 1.87. The lowest BCUT2D eigenvalue weighted by Crippen LogP contribution is -2.41. The maximum absolute atomic E-state index is 12.5. The first-order valence-corrected chi connectivity index (χ1v) is 9.49. The molecule has 0 fully saturated rings. The molecule has 1 aromatic heterocycles. The number of carbonyl (C=O) groups is 3. The molecule has 8 nitrogen and oxygen atoms in total. The molecule has 2 amide bonds. The highest BCUT2D eigenvalue weighted by Gasteiger charge is 2.33. The Morgan fingerprint density at radius 2 is 1.90 bits per heavy atom. The van der Waals surface area contributed by atoms with Crippen molar-refractivity contribution in [3.63, 3.8) is 0 Å². The van der Waals surface area contributed by atoms with Crippen LogP contribution in [0, 0.1) is 6.92 Å². The number of hydrogen-bond donors (Lipinski definition) is 1. The normalized spacial score (nSPS) is 11.1. The van der Waals surface area contributed by atoms with Gasteiger partial charge in [0.25, 0.3) is 5.91 Å². The van der Waals surface area contributed by atoms with Crippen molar-refractivity contribution in [3.8, 4) is 0 Å². The zero-order valence-corrected chi connectivity index (χ0v) is 17.1. The SMILES string of the molecule is CCCN(CC(=O)Nc1ccccc1C)C(=O)COC(=O)Cn1ccc(C(F)(F)F)n1. The van der Waals surface area contributed by atoms with Gasteiger partial charge in [-0.05, 0) is 31.0 Å². The minimum Gasteiger partial charge on any atom is -0.454 e. The highest BCUT2D eigenvalue weighted by molar-refractivity contribution is 5.95. The van der Waals surface area contributed by atoms with Gasteiger partial charge in [-0.1, -0.05) is 25.1 Å². The monoisotopic (exact) mass is 440 g/mol. The molecule has 2 aromatic rings. The van der Waals surface area contributed by atoms with Gasteiger partial charge in [-0.25, -0.2) is 0 Å². The zero-order valence-electron chi connectivity index (χ0n) is 17.1. The van der Waals surface area contributed by atoms with Gasteiger partial charge in [0.2, 0.25) is 5.91 Å². The molecule has 0 radical (unpaired) electrons. The number of hydrogen-bond acceptors (Lipinski definition) is 5. The van der Waals surface area contributed by atoms with Crippen molar-refractivity contribution >= 4 is 23.5 Å². The molecule has 0 aliphatic heterocycles. The van der Waals surface area contributed by atoms with Crippen molar-refractivity contribution in [2.75, 3.05) is 25.0 Å².